The van der Waals surface area contributed by atoms with Crippen LogP contribution in [0.2, 0.25) is 0 Å². The SMILES string of the molecule is Cc1ccccc1-c1noc(CNc2ccc(O)cc2)n1. The fraction of sp³-hybridized carbons (Fsp3) is 0.125. The Balaban J connectivity index is 1.71. The van der Waals surface area contributed by atoms with E-state index >= 15 is 0 Å². The van der Waals surface area contributed by atoms with E-state index in [0.29, 0.717) is 18.3 Å². The molecule has 3 aromatic rings. The molecule has 1 heterocycles. The maximum Gasteiger partial charge on any atom is 0.246 e. The minimum Gasteiger partial charge on any atom is -0.508 e. The summed E-state index contributed by atoms with van der Waals surface area (Å²) in [7, 11) is 0. The molecule has 21 heavy (non-hydrogen) atoms. The van der Waals surface area contributed by atoms with Gasteiger partial charge in [-0.1, -0.05) is 29.4 Å². The average molecular weight is 281 g/mol. The zero-order valence-electron chi connectivity index (χ0n) is 11.6. The Hall–Kier alpha value is -2.82. The molecule has 0 spiro atoms. The molecule has 5 heteroatoms. The second-order valence-corrected chi connectivity index (χ2v) is 4.73. The van der Waals surface area contributed by atoms with Crippen LogP contribution >= 0.6 is 0 Å². The van der Waals surface area contributed by atoms with Crippen molar-refractivity contribution in [2.24, 2.45) is 0 Å². The lowest BCUT2D eigenvalue weighted by molar-refractivity contribution is 0.384. The Morgan fingerprint density at radius 3 is 2.62 bits per heavy atom. The van der Waals surface area contributed by atoms with Crippen molar-refractivity contribution in [2.45, 2.75) is 13.5 Å². The van der Waals surface area contributed by atoms with Crippen LogP contribution in [0.25, 0.3) is 11.4 Å². The minimum absolute atomic E-state index is 0.236. The van der Waals surface area contributed by atoms with Gasteiger partial charge < -0.3 is 14.9 Å². The third-order valence-electron chi connectivity index (χ3n) is 3.17. The Bertz CT molecular complexity index is 735. The van der Waals surface area contributed by atoms with Crippen LogP contribution in [0.3, 0.4) is 0 Å². The fourth-order valence-electron chi connectivity index (χ4n) is 2.02. The standard InChI is InChI=1S/C16H15N3O2/c1-11-4-2-3-5-14(11)16-18-15(21-19-16)10-17-12-6-8-13(20)9-7-12/h2-9,17,20H,10H2,1H3. The number of aryl methyl sites for hydroxylation is 1. The van der Waals surface area contributed by atoms with E-state index < -0.39 is 0 Å². The molecule has 0 radical (unpaired) electrons. The van der Waals surface area contributed by atoms with Crippen LogP contribution in [0.15, 0.2) is 53.1 Å². The van der Waals surface area contributed by atoms with E-state index in [2.05, 4.69) is 15.5 Å². The first-order valence-electron chi connectivity index (χ1n) is 6.64. The summed E-state index contributed by atoms with van der Waals surface area (Å²) in [6, 6.07) is 14.7. The quantitative estimate of drug-likeness (QED) is 0.717. The van der Waals surface area contributed by atoms with Crippen molar-refractivity contribution < 1.29 is 9.63 Å². The van der Waals surface area contributed by atoms with E-state index in [9.17, 15) is 5.11 Å². The number of phenols is 1. The topological polar surface area (TPSA) is 71.2 Å². The van der Waals surface area contributed by atoms with Gasteiger partial charge in [0.1, 0.15) is 5.75 Å². The fourth-order valence-corrected chi connectivity index (χ4v) is 2.02. The predicted molar refractivity (Wildman–Crippen MR) is 79.9 cm³/mol. The van der Waals surface area contributed by atoms with Gasteiger partial charge in [-0.15, -0.1) is 0 Å². The maximum absolute atomic E-state index is 9.23. The first-order chi connectivity index (χ1) is 10.2. The van der Waals surface area contributed by atoms with Crippen molar-refractivity contribution in [1.82, 2.24) is 10.1 Å². The summed E-state index contributed by atoms with van der Waals surface area (Å²) in [5.41, 5.74) is 2.96. The molecular weight excluding hydrogens is 266 g/mol. The number of hydrogen-bond donors (Lipinski definition) is 2. The van der Waals surface area contributed by atoms with E-state index in [1.165, 1.54) is 0 Å². The van der Waals surface area contributed by atoms with E-state index in [0.717, 1.165) is 16.8 Å². The number of rotatable bonds is 4. The van der Waals surface area contributed by atoms with Crippen molar-refractivity contribution in [3.63, 3.8) is 0 Å². The summed E-state index contributed by atoms with van der Waals surface area (Å²) in [6.45, 7) is 2.45. The molecule has 0 aliphatic heterocycles. The largest absolute Gasteiger partial charge is 0.508 e. The van der Waals surface area contributed by atoms with Gasteiger partial charge in [-0.25, -0.2) is 0 Å². The molecule has 1 aromatic heterocycles. The molecule has 3 rings (SSSR count). The summed E-state index contributed by atoms with van der Waals surface area (Å²) in [6.07, 6.45) is 0. The van der Waals surface area contributed by atoms with E-state index in [4.69, 9.17) is 4.52 Å². The molecule has 0 aliphatic carbocycles. The second kappa shape index (κ2) is 5.66. The van der Waals surface area contributed by atoms with Crippen molar-refractivity contribution in [3.05, 3.63) is 60.0 Å². The van der Waals surface area contributed by atoms with Crippen LogP contribution in [-0.2, 0) is 6.54 Å². The van der Waals surface area contributed by atoms with Gasteiger partial charge in [-0.3, -0.25) is 0 Å². The maximum atomic E-state index is 9.23. The number of aromatic nitrogens is 2. The van der Waals surface area contributed by atoms with Gasteiger partial charge in [-0.2, -0.15) is 4.98 Å². The van der Waals surface area contributed by atoms with Crippen molar-refractivity contribution in [2.75, 3.05) is 5.32 Å². The highest BCUT2D eigenvalue weighted by Crippen LogP contribution is 2.20. The number of phenolic OH excluding ortho intramolecular Hbond substituents is 1. The van der Waals surface area contributed by atoms with Gasteiger partial charge in [0.25, 0.3) is 0 Å². The molecule has 0 amide bonds. The van der Waals surface area contributed by atoms with Crippen LogP contribution in [0.4, 0.5) is 5.69 Å². The summed E-state index contributed by atoms with van der Waals surface area (Å²) in [5, 5.41) is 16.4. The lowest BCUT2D eigenvalue weighted by atomic mass is 10.1. The number of hydrogen-bond acceptors (Lipinski definition) is 5. The third-order valence-corrected chi connectivity index (χ3v) is 3.17. The second-order valence-electron chi connectivity index (χ2n) is 4.73. The zero-order chi connectivity index (χ0) is 14.7. The number of benzene rings is 2. The smallest absolute Gasteiger partial charge is 0.246 e. The molecule has 0 aliphatic rings. The van der Waals surface area contributed by atoms with E-state index in [1.54, 1.807) is 24.3 Å². The molecule has 0 atom stereocenters. The van der Waals surface area contributed by atoms with Crippen molar-refractivity contribution >= 4 is 5.69 Å². The Morgan fingerprint density at radius 1 is 1.10 bits per heavy atom. The van der Waals surface area contributed by atoms with Gasteiger partial charge in [0.2, 0.25) is 11.7 Å². The van der Waals surface area contributed by atoms with Gasteiger partial charge >= 0.3 is 0 Å². The van der Waals surface area contributed by atoms with Crippen LogP contribution in [0.1, 0.15) is 11.5 Å². The molecule has 2 N–H and O–H groups in total. The van der Waals surface area contributed by atoms with Gasteiger partial charge in [-0.05, 0) is 36.8 Å². The highest BCUT2D eigenvalue weighted by atomic mass is 16.5. The molecule has 0 fully saturated rings. The highest BCUT2D eigenvalue weighted by Gasteiger charge is 2.10. The molecule has 106 valence electrons. The van der Waals surface area contributed by atoms with E-state index in [1.807, 2.05) is 31.2 Å². The zero-order valence-corrected chi connectivity index (χ0v) is 11.6. The average Bonchev–Trinajstić information content (AvgIpc) is 2.96. The molecule has 0 unspecified atom stereocenters. The summed E-state index contributed by atoms with van der Waals surface area (Å²) in [5.74, 6) is 1.34. The minimum atomic E-state index is 0.236. The molecule has 2 aromatic carbocycles. The number of anilines is 1. The van der Waals surface area contributed by atoms with Gasteiger partial charge in [0, 0.05) is 11.3 Å². The molecule has 0 saturated heterocycles. The predicted octanol–water partition coefficient (Wildman–Crippen LogP) is 3.36. The number of nitrogens with zero attached hydrogens (tertiary/aromatic N) is 2. The Morgan fingerprint density at radius 2 is 1.86 bits per heavy atom. The Kier molecular flexibility index (Phi) is 3.55. The number of aromatic hydroxyl groups is 1. The van der Waals surface area contributed by atoms with Crippen LogP contribution in [-0.4, -0.2) is 15.2 Å². The van der Waals surface area contributed by atoms with Crippen molar-refractivity contribution in [1.29, 1.82) is 0 Å². The molecular formula is C16H15N3O2. The van der Waals surface area contributed by atoms with Crippen LogP contribution in [0.5, 0.6) is 5.75 Å². The molecule has 5 nitrogen and oxygen atoms in total. The first kappa shape index (κ1) is 13.2. The summed E-state index contributed by atoms with van der Waals surface area (Å²) >= 11 is 0. The highest BCUT2D eigenvalue weighted by molar-refractivity contribution is 5.59. The number of nitrogens with one attached hydrogen (secondary N) is 1. The lowest BCUT2D eigenvalue weighted by Crippen LogP contribution is -1.99. The lowest BCUT2D eigenvalue weighted by Gasteiger charge is -2.02. The summed E-state index contributed by atoms with van der Waals surface area (Å²) < 4.78 is 5.25. The van der Waals surface area contributed by atoms with Gasteiger partial charge in [0.15, 0.2) is 0 Å². The monoisotopic (exact) mass is 281 g/mol. The first-order valence-corrected chi connectivity index (χ1v) is 6.64. The normalized spacial score (nSPS) is 10.5. The van der Waals surface area contributed by atoms with Gasteiger partial charge in [0.05, 0.1) is 6.54 Å². The van der Waals surface area contributed by atoms with Crippen molar-refractivity contribution in [3.8, 4) is 17.1 Å². The van der Waals surface area contributed by atoms with E-state index in [-0.39, 0.29) is 5.75 Å². The summed E-state index contributed by atoms with van der Waals surface area (Å²) in [4.78, 5) is 4.38. The Labute approximate surface area is 122 Å². The third kappa shape index (κ3) is 3.02. The molecule has 0 bridgehead atoms. The van der Waals surface area contributed by atoms with Crippen LogP contribution < -0.4 is 5.32 Å². The van der Waals surface area contributed by atoms with Crippen LogP contribution in [0, 0.1) is 6.92 Å². The molecule has 0 saturated carbocycles.